The Morgan fingerprint density at radius 3 is 2.02 bits per heavy atom. The highest BCUT2D eigenvalue weighted by molar-refractivity contribution is 6.71. The van der Waals surface area contributed by atoms with E-state index < -0.39 is 25.9 Å². The van der Waals surface area contributed by atoms with Crippen molar-refractivity contribution >= 4 is 43.1 Å². The lowest BCUT2D eigenvalue weighted by Gasteiger charge is -2.32. The van der Waals surface area contributed by atoms with Crippen LogP contribution in [0.15, 0.2) is 128 Å². The Hall–Kier alpha value is -6.65. The number of rotatable bonds is 15. The maximum atomic E-state index is 15.3. The van der Waals surface area contributed by atoms with Crippen molar-refractivity contribution in [1.29, 1.82) is 0 Å². The molecule has 1 aromatic heterocycles. The van der Waals surface area contributed by atoms with Crippen molar-refractivity contribution in [3.05, 3.63) is 161 Å². The van der Waals surface area contributed by atoms with E-state index in [-0.39, 0.29) is 42.3 Å². The van der Waals surface area contributed by atoms with E-state index in [1.54, 1.807) is 90.5 Å². The minimum atomic E-state index is -3.03. The molecule has 64 heavy (non-hydrogen) atoms. The second-order valence-corrected chi connectivity index (χ2v) is 20.9. The zero-order chi connectivity index (χ0) is 45.2. The molecule has 330 valence electrons. The van der Waals surface area contributed by atoms with Crippen LogP contribution < -0.4 is 25.0 Å². The van der Waals surface area contributed by atoms with Crippen molar-refractivity contribution in [3.8, 4) is 11.5 Å². The molecule has 0 saturated carbocycles. The minimum absolute atomic E-state index is 0.132. The van der Waals surface area contributed by atoms with Crippen molar-refractivity contribution in [2.75, 3.05) is 36.4 Å². The predicted octanol–water partition coefficient (Wildman–Crippen LogP) is 7.36. The highest BCUT2D eigenvalue weighted by atomic mass is 28.4. The molecule has 1 unspecified atom stereocenters. The van der Waals surface area contributed by atoms with Gasteiger partial charge in [0.05, 0.1) is 50.8 Å². The van der Waals surface area contributed by atoms with Gasteiger partial charge in [0.1, 0.15) is 11.5 Å². The summed E-state index contributed by atoms with van der Waals surface area (Å²) in [6.07, 6.45) is 1.70. The van der Waals surface area contributed by atoms with E-state index in [0.717, 1.165) is 11.1 Å². The Kier molecular flexibility index (Phi) is 12.5. The number of amides is 3. The number of aromatic nitrogens is 3. The summed E-state index contributed by atoms with van der Waals surface area (Å²) < 4.78 is 19.3. The average Bonchev–Trinajstić information content (AvgIpc) is 3.96. The van der Waals surface area contributed by atoms with Gasteiger partial charge in [-0.1, -0.05) is 54.6 Å². The molecule has 5 atom stereocenters. The van der Waals surface area contributed by atoms with Gasteiger partial charge in [-0.2, -0.15) is 0 Å². The van der Waals surface area contributed by atoms with Gasteiger partial charge in [0, 0.05) is 52.3 Å². The van der Waals surface area contributed by atoms with Gasteiger partial charge < -0.3 is 39.6 Å². The maximum absolute atomic E-state index is 15.3. The number of aliphatic hydroxyl groups excluding tert-OH is 1. The van der Waals surface area contributed by atoms with Crippen LogP contribution in [0.3, 0.4) is 0 Å². The highest BCUT2D eigenvalue weighted by Crippen LogP contribution is 2.60. The Labute approximate surface area is 372 Å². The summed E-state index contributed by atoms with van der Waals surface area (Å²) in [5.41, 5.74) is 3.72. The van der Waals surface area contributed by atoms with E-state index in [2.05, 4.69) is 20.9 Å². The molecule has 2 aliphatic heterocycles. The number of benzene rings is 5. The van der Waals surface area contributed by atoms with E-state index in [4.69, 9.17) is 14.2 Å². The van der Waals surface area contributed by atoms with E-state index in [1.807, 2.05) is 80.8 Å². The van der Waals surface area contributed by atoms with Crippen LogP contribution in [0.5, 0.6) is 11.5 Å². The fraction of sp³-hybridized carbons (Fsp3) is 0.286. The number of nitrogens with zero attached hydrogens (tertiary/aromatic N) is 4. The van der Waals surface area contributed by atoms with Gasteiger partial charge >= 0.3 is 0 Å². The second-order valence-electron chi connectivity index (χ2n) is 16.9. The molecule has 1 fully saturated rings. The normalized spacial score (nSPS) is 19.6. The third-order valence-electron chi connectivity index (χ3n) is 12.4. The molecule has 2 aliphatic rings. The Morgan fingerprint density at radius 1 is 0.844 bits per heavy atom. The fourth-order valence-electron chi connectivity index (χ4n) is 9.25. The number of carbonyl (C=O) groups excluding carboxylic acids is 3. The molecule has 0 aliphatic carbocycles. The smallest absolute Gasteiger partial charge is 0.264 e. The first-order valence-electron chi connectivity index (χ1n) is 21.2. The molecule has 0 radical (unpaired) electrons. The molecule has 6 aromatic rings. The third-order valence-corrected chi connectivity index (χ3v) is 14.9. The molecular formula is C49H52N6O8Si. The Morgan fingerprint density at radius 2 is 1.44 bits per heavy atom. The van der Waals surface area contributed by atoms with Gasteiger partial charge in [0.15, 0.2) is 13.9 Å². The zero-order valence-corrected chi connectivity index (χ0v) is 37.4. The monoisotopic (exact) mass is 880 g/mol. The van der Waals surface area contributed by atoms with Crippen molar-refractivity contribution in [2.45, 2.75) is 62.7 Å². The quantitative estimate of drug-likeness (QED) is 0.0763. The fourth-order valence-corrected chi connectivity index (χ4v) is 11.8. The second kappa shape index (κ2) is 18.2. The lowest BCUT2D eigenvalue weighted by molar-refractivity contribution is -0.146. The van der Waals surface area contributed by atoms with Gasteiger partial charge in [-0.3, -0.25) is 19.1 Å². The highest BCUT2D eigenvalue weighted by Gasteiger charge is 2.66. The molecule has 14 nitrogen and oxygen atoms in total. The van der Waals surface area contributed by atoms with E-state index in [0.29, 0.717) is 63.9 Å². The van der Waals surface area contributed by atoms with Gasteiger partial charge in [0.2, 0.25) is 0 Å². The SMILES string of the molecule is COc1ccc(C(=O)Nc2ccc(CN3C(=O)[C@@]4(O[C@@H](CCn5cc(C(CO)c6ccccc6)nn5)[C@H]([Si](C)(C)O)[C@H]4C)c4cc(NC(=O)c5ccc(OC)cc5)ccc43)cc2)cc1. The summed E-state index contributed by atoms with van der Waals surface area (Å²) in [6, 6.07) is 36.0. The summed E-state index contributed by atoms with van der Waals surface area (Å²) >= 11 is 0. The molecule has 4 N–H and O–H groups in total. The molecule has 3 amide bonds. The van der Waals surface area contributed by atoms with Crippen LogP contribution in [0, 0.1) is 5.92 Å². The summed E-state index contributed by atoms with van der Waals surface area (Å²) in [5, 5.41) is 25.0. The first kappa shape index (κ1) is 44.0. The van der Waals surface area contributed by atoms with Crippen LogP contribution in [0.1, 0.15) is 62.4 Å². The van der Waals surface area contributed by atoms with Crippen LogP contribution >= 0.6 is 0 Å². The number of hydrogen-bond donors (Lipinski definition) is 4. The van der Waals surface area contributed by atoms with Gasteiger partial charge in [0.25, 0.3) is 17.7 Å². The summed E-state index contributed by atoms with van der Waals surface area (Å²) in [5.74, 6) is -0.406. The minimum Gasteiger partial charge on any atom is -0.497 e. The molecule has 5 aromatic carbocycles. The summed E-state index contributed by atoms with van der Waals surface area (Å²) in [7, 11) is 0.102. The van der Waals surface area contributed by atoms with Crippen molar-refractivity contribution in [1.82, 2.24) is 15.0 Å². The van der Waals surface area contributed by atoms with Crippen molar-refractivity contribution in [2.24, 2.45) is 5.92 Å². The van der Waals surface area contributed by atoms with Crippen molar-refractivity contribution in [3.63, 3.8) is 0 Å². The molecular weight excluding hydrogens is 829 g/mol. The number of anilines is 3. The zero-order valence-electron chi connectivity index (χ0n) is 36.4. The predicted molar refractivity (Wildman–Crippen MR) is 245 cm³/mol. The number of hydrogen-bond acceptors (Lipinski definition) is 10. The number of aliphatic hydroxyl groups is 1. The van der Waals surface area contributed by atoms with Crippen LogP contribution in [0.25, 0.3) is 0 Å². The van der Waals surface area contributed by atoms with E-state index in [9.17, 15) is 19.5 Å². The molecule has 0 bridgehead atoms. The first-order valence-corrected chi connectivity index (χ1v) is 24.3. The molecule has 1 spiro atoms. The van der Waals surface area contributed by atoms with E-state index >= 15 is 4.79 Å². The van der Waals surface area contributed by atoms with E-state index in [1.165, 1.54) is 0 Å². The largest absolute Gasteiger partial charge is 0.497 e. The lowest BCUT2D eigenvalue weighted by atomic mass is 9.82. The summed E-state index contributed by atoms with van der Waals surface area (Å²) in [4.78, 5) is 55.5. The number of nitrogens with one attached hydrogen (secondary N) is 2. The standard InChI is InChI=1S/C49H52N6O8Si/c1-31-45(64(4,5)60)44(25-26-54-29-42(52-53-54)40(30-56)33-9-7-6-8-10-33)63-49(31)41-27-37(51-47(58)35-15-22-39(62-3)23-16-35)19-24-43(41)55(48(49)59)28-32-11-17-36(18-12-32)50-46(57)34-13-20-38(61-2)21-14-34/h6-24,27,29,31,40,44-45,56,60H,25-26,28,30H2,1-5H3,(H,50,57)(H,51,58)/t31-,40?,44+,45-,49+/m1/s1. The van der Waals surface area contributed by atoms with Crippen LogP contribution in [0.2, 0.25) is 18.6 Å². The Balaban J connectivity index is 1.09. The number of carbonyl (C=O) groups is 3. The maximum Gasteiger partial charge on any atom is 0.264 e. The molecule has 3 heterocycles. The van der Waals surface area contributed by atoms with Gasteiger partial charge in [-0.15, -0.1) is 5.10 Å². The lowest BCUT2D eigenvalue weighted by Crippen LogP contribution is -2.46. The molecule has 8 rings (SSSR count). The van der Waals surface area contributed by atoms with Crippen LogP contribution in [-0.2, 0) is 28.2 Å². The number of aryl methyl sites for hydroxylation is 1. The molecule has 15 heteroatoms. The van der Waals surface area contributed by atoms with Gasteiger partial charge in [-0.05, 0) is 110 Å². The topological polar surface area (TPSA) is 177 Å². The van der Waals surface area contributed by atoms with Crippen molar-refractivity contribution < 1.29 is 38.5 Å². The summed E-state index contributed by atoms with van der Waals surface area (Å²) in [6.45, 7) is 6.18. The Bertz CT molecular complexity index is 2620. The third kappa shape index (κ3) is 8.67. The molecule has 1 saturated heterocycles. The average molecular weight is 881 g/mol. The van der Waals surface area contributed by atoms with Crippen LogP contribution in [0.4, 0.5) is 17.1 Å². The number of fused-ring (bicyclic) bond motifs is 2. The number of ether oxygens (including phenoxy) is 3. The first-order chi connectivity index (χ1) is 30.8. The van der Waals surface area contributed by atoms with Gasteiger partial charge in [-0.25, -0.2) is 0 Å². The van der Waals surface area contributed by atoms with Crippen LogP contribution in [-0.4, -0.2) is 77.9 Å². The number of methoxy groups -OCH3 is 2.